The van der Waals surface area contributed by atoms with Crippen LogP contribution in [-0.2, 0) is 14.8 Å². The SMILES string of the molecule is COc1ccc(NC(=O)CCN(c2ccc(F)cc2)S(C)(=O)=O)cc1OC. The van der Waals surface area contributed by atoms with Crippen LogP contribution in [-0.4, -0.2) is 41.3 Å². The lowest BCUT2D eigenvalue weighted by molar-refractivity contribution is -0.116. The summed E-state index contributed by atoms with van der Waals surface area (Å²) in [7, 11) is -0.637. The van der Waals surface area contributed by atoms with Gasteiger partial charge in [0.1, 0.15) is 5.82 Å². The van der Waals surface area contributed by atoms with Gasteiger partial charge in [0.05, 0.1) is 26.2 Å². The number of halogens is 1. The van der Waals surface area contributed by atoms with Gasteiger partial charge in [-0.05, 0) is 36.4 Å². The van der Waals surface area contributed by atoms with E-state index in [4.69, 9.17) is 9.47 Å². The van der Waals surface area contributed by atoms with Gasteiger partial charge in [0.2, 0.25) is 15.9 Å². The van der Waals surface area contributed by atoms with Crippen molar-refractivity contribution in [3.8, 4) is 11.5 Å². The molecule has 0 fully saturated rings. The third-order valence-corrected chi connectivity index (χ3v) is 4.92. The molecule has 0 unspecified atom stereocenters. The smallest absolute Gasteiger partial charge is 0.232 e. The zero-order valence-electron chi connectivity index (χ0n) is 15.2. The first-order valence-corrected chi connectivity index (χ1v) is 9.84. The molecule has 0 saturated carbocycles. The summed E-state index contributed by atoms with van der Waals surface area (Å²) in [5.74, 6) is 0.130. The number of amides is 1. The van der Waals surface area contributed by atoms with E-state index in [9.17, 15) is 17.6 Å². The number of hydrogen-bond donors (Lipinski definition) is 1. The van der Waals surface area contributed by atoms with E-state index in [1.165, 1.54) is 26.4 Å². The van der Waals surface area contributed by atoms with Crippen LogP contribution in [0.2, 0.25) is 0 Å². The van der Waals surface area contributed by atoms with Crippen molar-refractivity contribution < 1.29 is 27.1 Å². The van der Waals surface area contributed by atoms with Crippen molar-refractivity contribution >= 4 is 27.3 Å². The molecule has 1 amide bonds. The Morgan fingerprint density at radius 1 is 1.07 bits per heavy atom. The summed E-state index contributed by atoms with van der Waals surface area (Å²) in [5, 5.41) is 2.68. The van der Waals surface area contributed by atoms with Gasteiger partial charge in [-0.2, -0.15) is 0 Å². The summed E-state index contributed by atoms with van der Waals surface area (Å²) < 4.78 is 48.5. The van der Waals surface area contributed by atoms with Crippen molar-refractivity contribution in [2.45, 2.75) is 6.42 Å². The highest BCUT2D eigenvalue weighted by atomic mass is 32.2. The number of benzene rings is 2. The zero-order valence-corrected chi connectivity index (χ0v) is 16.0. The summed E-state index contributed by atoms with van der Waals surface area (Å²) in [6, 6.07) is 9.92. The number of sulfonamides is 1. The monoisotopic (exact) mass is 396 g/mol. The number of ether oxygens (including phenoxy) is 2. The molecule has 0 aliphatic heterocycles. The van der Waals surface area contributed by atoms with E-state index in [1.807, 2.05) is 0 Å². The second-order valence-corrected chi connectivity index (χ2v) is 7.59. The van der Waals surface area contributed by atoms with Gasteiger partial charge in [-0.1, -0.05) is 0 Å². The molecule has 0 heterocycles. The Labute approximate surface area is 157 Å². The van der Waals surface area contributed by atoms with E-state index in [2.05, 4.69) is 5.32 Å². The Balaban J connectivity index is 2.07. The lowest BCUT2D eigenvalue weighted by Gasteiger charge is -2.22. The van der Waals surface area contributed by atoms with Gasteiger partial charge in [-0.25, -0.2) is 12.8 Å². The average molecular weight is 396 g/mol. The van der Waals surface area contributed by atoms with E-state index in [-0.39, 0.29) is 24.6 Å². The van der Waals surface area contributed by atoms with Crippen LogP contribution in [0.5, 0.6) is 11.5 Å². The fraction of sp³-hybridized carbons (Fsp3) is 0.278. The van der Waals surface area contributed by atoms with E-state index in [0.29, 0.717) is 17.2 Å². The van der Waals surface area contributed by atoms with Crippen LogP contribution in [0.15, 0.2) is 42.5 Å². The first kappa shape index (κ1) is 20.5. The second-order valence-electron chi connectivity index (χ2n) is 5.68. The van der Waals surface area contributed by atoms with Gasteiger partial charge < -0.3 is 14.8 Å². The minimum Gasteiger partial charge on any atom is -0.493 e. The third kappa shape index (κ3) is 5.58. The number of rotatable bonds is 8. The molecule has 2 aromatic rings. The molecule has 27 heavy (non-hydrogen) atoms. The van der Waals surface area contributed by atoms with Gasteiger partial charge in [-0.3, -0.25) is 9.10 Å². The molecule has 0 aliphatic carbocycles. The summed E-state index contributed by atoms with van der Waals surface area (Å²) in [6.45, 7) is -0.0798. The van der Waals surface area contributed by atoms with Crippen LogP contribution >= 0.6 is 0 Å². The lowest BCUT2D eigenvalue weighted by Crippen LogP contribution is -2.33. The molecular formula is C18H21FN2O5S. The Hall–Kier alpha value is -2.81. The number of anilines is 2. The van der Waals surface area contributed by atoms with Gasteiger partial charge in [-0.15, -0.1) is 0 Å². The fourth-order valence-electron chi connectivity index (χ4n) is 2.43. The molecule has 0 aromatic heterocycles. The molecule has 0 bridgehead atoms. The van der Waals surface area contributed by atoms with Gasteiger partial charge >= 0.3 is 0 Å². The molecule has 146 valence electrons. The Kier molecular flexibility index (Phi) is 6.62. The predicted molar refractivity (Wildman–Crippen MR) is 101 cm³/mol. The number of carbonyl (C=O) groups excluding carboxylic acids is 1. The van der Waals surface area contributed by atoms with Crippen LogP contribution in [0, 0.1) is 5.82 Å². The largest absolute Gasteiger partial charge is 0.493 e. The minimum atomic E-state index is -3.62. The molecule has 1 N–H and O–H groups in total. The minimum absolute atomic E-state index is 0.0798. The fourth-order valence-corrected chi connectivity index (χ4v) is 3.36. The van der Waals surface area contributed by atoms with Crippen molar-refractivity contribution in [2.24, 2.45) is 0 Å². The normalized spacial score (nSPS) is 11.0. The molecule has 0 atom stereocenters. The van der Waals surface area contributed by atoms with Crippen molar-refractivity contribution in [3.05, 3.63) is 48.3 Å². The van der Waals surface area contributed by atoms with E-state index < -0.39 is 15.8 Å². The number of carbonyl (C=O) groups is 1. The molecule has 2 aromatic carbocycles. The van der Waals surface area contributed by atoms with Crippen molar-refractivity contribution in [3.63, 3.8) is 0 Å². The van der Waals surface area contributed by atoms with Gasteiger partial charge in [0, 0.05) is 24.7 Å². The number of methoxy groups -OCH3 is 2. The molecular weight excluding hydrogens is 375 g/mol. The summed E-state index contributed by atoms with van der Waals surface area (Å²) in [6.07, 6.45) is 0.946. The predicted octanol–water partition coefficient (Wildman–Crippen LogP) is 2.64. The zero-order chi connectivity index (χ0) is 20.0. The first-order valence-electron chi connectivity index (χ1n) is 7.99. The first-order chi connectivity index (χ1) is 12.7. The topological polar surface area (TPSA) is 84.9 Å². The highest BCUT2D eigenvalue weighted by molar-refractivity contribution is 7.92. The summed E-state index contributed by atoms with van der Waals surface area (Å²) in [5.41, 5.74) is 0.781. The van der Waals surface area contributed by atoms with Crippen LogP contribution in [0.4, 0.5) is 15.8 Å². The quantitative estimate of drug-likeness (QED) is 0.742. The highest BCUT2D eigenvalue weighted by Crippen LogP contribution is 2.29. The molecule has 2 rings (SSSR count). The van der Waals surface area contributed by atoms with Crippen molar-refractivity contribution in [2.75, 3.05) is 36.6 Å². The number of nitrogens with one attached hydrogen (secondary N) is 1. The standard InChI is InChI=1S/C18H21FN2O5S/c1-25-16-9-6-14(12-17(16)26-2)20-18(22)10-11-21(27(3,23)24)15-7-4-13(19)5-8-15/h4-9,12H,10-11H2,1-3H3,(H,20,22). The van der Waals surface area contributed by atoms with Crippen LogP contribution in [0.25, 0.3) is 0 Å². The van der Waals surface area contributed by atoms with Crippen LogP contribution in [0.1, 0.15) is 6.42 Å². The molecule has 0 saturated heterocycles. The molecule has 7 nitrogen and oxygen atoms in total. The maximum absolute atomic E-state index is 13.1. The summed E-state index contributed by atoms with van der Waals surface area (Å²) in [4.78, 5) is 12.2. The van der Waals surface area contributed by atoms with Crippen LogP contribution in [0.3, 0.4) is 0 Å². The highest BCUT2D eigenvalue weighted by Gasteiger charge is 2.19. The van der Waals surface area contributed by atoms with E-state index >= 15 is 0 Å². The molecule has 0 radical (unpaired) electrons. The lowest BCUT2D eigenvalue weighted by atomic mass is 10.2. The van der Waals surface area contributed by atoms with E-state index in [1.54, 1.807) is 18.2 Å². The molecule has 0 aliphatic rings. The van der Waals surface area contributed by atoms with E-state index in [0.717, 1.165) is 22.7 Å². The van der Waals surface area contributed by atoms with Gasteiger partial charge in [0.25, 0.3) is 0 Å². The van der Waals surface area contributed by atoms with Gasteiger partial charge in [0.15, 0.2) is 11.5 Å². The maximum Gasteiger partial charge on any atom is 0.232 e. The van der Waals surface area contributed by atoms with Crippen LogP contribution < -0.4 is 19.1 Å². The average Bonchev–Trinajstić information content (AvgIpc) is 2.62. The third-order valence-electron chi connectivity index (χ3n) is 3.72. The Bertz CT molecular complexity index is 900. The second kappa shape index (κ2) is 8.72. The Morgan fingerprint density at radius 2 is 1.70 bits per heavy atom. The van der Waals surface area contributed by atoms with Crippen molar-refractivity contribution in [1.82, 2.24) is 0 Å². The molecule has 0 spiro atoms. The van der Waals surface area contributed by atoms with Crippen molar-refractivity contribution in [1.29, 1.82) is 0 Å². The summed E-state index contributed by atoms with van der Waals surface area (Å²) >= 11 is 0. The Morgan fingerprint density at radius 3 is 2.26 bits per heavy atom. The molecule has 9 heteroatoms. The number of nitrogens with zero attached hydrogens (tertiary/aromatic N) is 1. The number of hydrogen-bond acceptors (Lipinski definition) is 5. The maximum atomic E-state index is 13.1.